The van der Waals surface area contributed by atoms with Gasteiger partial charge in [-0.25, -0.2) is 0 Å². The van der Waals surface area contributed by atoms with Crippen molar-refractivity contribution in [2.24, 2.45) is 0 Å². The smallest absolute Gasteiger partial charge is 0.143 e. The van der Waals surface area contributed by atoms with Crippen molar-refractivity contribution >= 4 is 0 Å². The molecule has 0 aromatic carbocycles. The number of hydrogen-bond acceptors (Lipinski definition) is 3. The Morgan fingerprint density at radius 1 is 1.18 bits per heavy atom. The van der Waals surface area contributed by atoms with E-state index in [9.17, 15) is 5.11 Å². The van der Waals surface area contributed by atoms with Crippen molar-refractivity contribution in [3.8, 4) is 5.75 Å². The van der Waals surface area contributed by atoms with E-state index >= 15 is 0 Å². The molecule has 0 fully saturated rings. The molecule has 0 atom stereocenters. The number of unbranched alkanes of at least 4 members (excludes halogenated alkanes) is 4. The predicted molar refractivity (Wildman–Crippen MR) is 69.2 cm³/mol. The second-order valence-corrected chi connectivity index (χ2v) is 4.32. The molecule has 96 valence electrons. The minimum Gasteiger partial charge on any atom is -0.492 e. The van der Waals surface area contributed by atoms with Crippen LogP contribution in [-0.4, -0.2) is 16.7 Å². The maximum atomic E-state index is 9.17. The maximum Gasteiger partial charge on any atom is 0.143 e. The molecule has 3 nitrogen and oxygen atoms in total. The SMILES string of the molecule is CCCCCCCOc1ccc(C)nc1CO. The Hall–Kier alpha value is -1.09. The zero-order valence-corrected chi connectivity index (χ0v) is 10.9. The van der Waals surface area contributed by atoms with Crippen LogP contribution in [-0.2, 0) is 6.61 Å². The van der Waals surface area contributed by atoms with E-state index in [1.807, 2.05) is 19.1 Å². The first kappa shape index (κ1) is 14.0. The van der Waals surface area contributed by atoms with E-state index in [0.29, 0.717) is 18.1 Å². The van der Waals surface area contributed by atoms with Crippen LogP contribution >= 0.6 is 0 Å². The first-order chi connectivity index (χ1) is 8.27. The van der Waals surface area contributed by atoms with Crippen molar-refractivity contribution in [2.45, 2.75) is 52.6 Å². The predicted octanol–water partition coefficient (Wildman–Crippen LogP) is 3.23. The fourth-order valence-electron chi connectivity index (χ4n) is 1.73. The van der Waals surface area contributed by atoms with Crippen LogP contribution in [0, 0.1) is 6.92 Å². The fraction of sp³-hybridized carbons (Fsp3) is 0.643. The summed E-state index contributed by atoms with van der Waals surface area (Å²) in [6.07, 6.45) is 6.12. The van der Waals surface area contributed by atoms with Crippen LogP contribution in [0.5, 0.6) is 5.75 Å². The van der Waals surface area contributed by atoms with Gasteiger partial charge >= 0.3 is 0 Å². The quantitative estimate of drug-likeness (QED) is 0.706. The summed E-state index contributed by atoms with van der Waals surface area (Å²) < 4.78 is 5.64. The molecule has 0 saturated carbocycles. The Kier molecular flexibility index (Phi) is 6.63. The molecule has 1 rings (SSSR count). The molecule has 0 aliphatic rings. The minimum atomic E-state index is -0.0627. The molecule has 0 saturated heterocycles. The molecular formula is C14H23NO2. The van der Waals surface area contributed by atoms with Gasteiger partial charge in [-0.3, -0.25) is 4.98 Å². The van der Waals surface area contributed by atoms with Crippen molar-refractivity contribution in [1.82, 2.24) is 4.98 Å². The van der Waals surface area contributed by atoms with Gasteiger partial charge in [-0.05, 0) is 25.5 Å². The molecular weight excluding hydrogens is 214 g/mol. The summed E-state index contributed by atoms with van der Waals surface area (Å²) >= 11 is 0. The Morgan fingerprint density at radius 2 is 1.94 bits per heavy atom. The lowest BCUT2D eigenvalue weighted by Gasteiger charge is -2.09. The average Bonchev–Trinajstić information content (AvgIpc) is 2.35. The van der Waals surface area contributed by atoms with Crippen LogP contribution in [0.2, 0.25) is 0 Å². The largest absolute Gasteiger partial charge is 0.492 e. The third kappa shape index (κ3) is 5.18. The van der Waals surface area contributed by atoms with Crippen LogP contribution in [0.4, 0.5) is 0 Å². The van der Waals surface area contributed by atoms with Gasteiger partial charge in [0.05, 0.1) is 13.2 Å². The summed E-state index contributed by atoms with van der Waals surface area (Å²) in [7, 11) is 0. The molecule has 3 heteroatoms. The molecule has 0 amide bonds. The number of aliphatic hydroxyl groups is 1. The molecule has 0 aliphatic carbocycles. The summed E-state index contributed by atoms with van der Waals surface area (Å²) in [5, 5.41) is 9.17. The number of hydrogen-bond donors (Lipinski definition) is 1. The van der Waals surface area contributed by atoms with Gasteiger partial charge in [-0.2, -0.15) is 0 Å². The highest BCUT2D eigenvalue weighted by atomic mass is 16.5. The topological polar surface area (TPSA) is 42.4 Å². The molecule has 0 radical (unpaired) electrons. The lowest BCUT2D eigenvalue weighted by molar-refractivity contribution is 0.254. The van der Waals surface area contributed by atoms with Crippen LogP contribution in [0.1, 0.15) is 50.4 Å². The van der Waals surface area contributed by atoms with Crippen molar-refractivity contribution in [3.05, 3.63) is 23.5 Å². The lowest BCUT2D eigenvalue weighted by Crippen LogP contribution is -2.02. The van der Waals surface area contributed by atoms with Crippen molar-refractivity contribution < 1.29 is 9.84 Å². The zero-order valence-electron chi connectivity index (χ0n) is 10.9. The Bertz CT molecular complexity index is 326. The molecule has 0 spiro atoms. The number of aromatic nitrogens is 1. The van der Waals surface area contributed by atoms with Crippen LogP contribution in [0.25, 0.3) is 0 Å². The highest BCUT2D eigenvalue weighted by molar-refractivity contribution is 5.28. The molecule has 1 N–H and O–H groups in total. The van der Waals surface area contributed by atoms with E-state index in [1.54, 1.807) is 0 Å². The summed E-state index contributed by atoms with van der Waals surface area (Å²) in [4.78, 5) is 4.24. The first-order valence-electron chi connectivity index (χ1n) is 6.48. The summed E-state index contributed by atoms with van der Waals surface area (Å²) in [5.41, 5.74) is 1.54. The van der Waals surface area contributed by atoms with E-state index in [4.69, 9.17) is 4.74 Å². The normalized spacial score (nSPS) is 10.5. The highest BCUT2D eigenvalue weighted by Gasteiger charge is 2.04. The standard InChI is InChI=1S/C14H23NO2/c1-3-4-5-6-7-10-17-14-9-8-12(2)15-13(14)11-16/h8-9,16H,3-7,10-11H2,1-2H3. The van der Waals surface area contributed by atoms with Gasteiger partial charge in [0.2, 0.25) is 0 Å². The van der Waals surface area contributed by atoms with Crippen molar-refractivity contribution in [2.75, 3.05) is 6.61 Å². The van der Waals surface area contributed by atoms with Crippen LogP contribution < -0.4 is 4.74 Å². The van der Waals surface area contributed by atoms with E-state index in [0.717, 1.165) is 12.1 Å². The van der Waals surface area contributed by atoms with Gasteiger partial charge in [0, 0.05) is 5.69 Å². The van der Waals surface area contributed by atoms with Gasteiger partial charge in [0.25, 0.3) is 0 Å². The average molecular weight is 237 g/mol. The number of ether oxygens (including phenoxy) is 1. The number of pyridine rings is 1. The van der Waals surface area contributed by atoms with E-state index in [1.165, 1.54) is 25.7 Å². The molecule has 1 heterocycles. The number of rotatable bonds is 8. The van der Waals surface area contributed by atoms with E-state index < -0.39 is 0 Å². The van der Waals surface area contributed by atoms with Crippen molar-refractivity contribution in [1.29, 1.82) is 0 Å². The Morgan fingerprint density at radius 3 is 2.65 bits per heavy atom. The number of nitrogens with zero attached hydrogens (tertiary/aromatic N) is 1. The minimum absolute atomic E-state index is 0.0627. The van der Waals surface area contributed by atoms with Gasteiger partial charge in [-0.15, -0.1) is 0 Å². The number of aryl methyl sites for hydroxylation is 1. The van der Waals surface area contributed by atoms with Crippen LogP contribution in [0.3, 0.4) is 0 Å². The molecule has 0 bridgehead atoms. The second-order valence-electron chi connectivity index (χ2n) is 4.32. The third-order valence-corrected chi connectivity index (χ3v) is 2.73. The van der Waals surface area contributed by atoms with Gasteiger partial charge in [0.1, 0.15) is 11.4 Å². The monoisotopic (exact) mass is 237 g/mol. The molecule has 0 unspecified atom stereocenters. The zero-order chi connectivity index (χ0) is 12.5. The molecule has 17 heavy (non-hydrogen) atoms. The third-order valence-electron chi connectivity index (χ3n) is 2.73. The van der Waals surface area contributed by atoms with Gasteiger partial charge in [0.15, 0.2) is 0 Å². The summed E-state index contributed by atoms with van der Waals surface area (Å²) in [6.45, 7) is 4.77. The molecule has 1 aromatic heterocycles. The van der Waals surface area contributed by atoms with E-state index in [2.05, 4.69) is 11.9 Å². The fourth-order valence-corrected chi connectivity index (χ4v) is 1.73. The van der Waals surface area contributed by atoms with Crippen LogP contribution in [0.15, 0.2) is 12.1 Å². The molecule has 1 aromatic rings. The lowest BCUT2D eigenvalue weighted by atomic mass is 10.2. The Balaban J connectivity index is 2.31. The molecule has 0 aliphatic heterocycles. The Labute approximate surface area is 104 Å². The highest BCUT2D eigenvalue weighted by Crippen LogP contribution is 2.17. The summed E-state index contributed by atoms with van der Waals surface area (Å²) in [6, 6.07) is 3.80. The first-order valence-corrected chi connectivity index (χ1v) is 6.48. The maximum absolute atomic E-state index is 9.17. The number of aliphatic hydroxyl groups excluding tert-OH is 1. The van der Waals surface area contributed by atoms with Gasteiger partial charge < -0.3 is 9.84 Å². The van der Waals surface area contributed by atoms with Crippen molar-refractivity contribution in [3.63, 3.8) is 0 Å². The van der Waals surface area contributed by atoms with E-state index in [-0.39, 0.29) is 6.61 Å². The summed E-state index contributed by atoms with van der Waals surface area (Å²) in [5.74, 6) is 0.716. The second kappa shape index (κ2) is 8.07. The van der Waals surface area contributed by atoms with Gasteiger partial charge in [-0.1, -0.05) is 32.6 Å².